The summed E-state index contributed by atoms with van der Waals surface area (Å²) in [4.78, 5) is 0. The predicted octanol–water partition coefficient (Wildman–Crippen LogP) is 2.95. The molecule has 1 aliphatic carbocycles. The van der Waals surface area contributed by atoms with Gasteiger partial charge < -0.3 is 10.1 Å². The van der Waals surface area contributed by atoms with Crippen molar-refractivity contribution < 1.29 is 4.74 Å². The molecule has 1 saturated carbocycles. The van der Waals surface area contributed by atoms with Gasteiger partial charge in [0.05, 0.1) is 18.3 Å². The zero-order chi connectivity index (χ0) is 14.5. The molecule has 2 atom stereocenters. The summed E-state index contributed by atoms with van der Waals surface area (Å²) in [6.07, 6.45) is 12.4. The molecule has 1 aliphatic heterocycles. The Kier molecular flexibility index (Phi) is 5.31. The topological polar surface area (TPSA) is 39.1 Å². The first kappa shape index (κ1) is 15.0. The van der Waals surface area contributed by atoms with Crippen molar-refractivity contribution >= 4 is 0 Å². The minimum absolute atomic E-state index is 0.486. The second kappa shape index (κ2) is 7.41. The van der Waals surface area contributed by atoms with E-state index in [1.807, 2.05) is 0 Å². The Balaban J connectivity index is 1.59. The minimum atomic E-state index is 0.486. The normalized spacial score (nSPS) is 25.9. The maximum atomic E-state index is 5.64. The quantitative estimate of drug-likeness (QED) is 0.906. The third-order valence-corrected chi connectivity index (χ3v) is 5.18. The lowest BCUT2D eigenvalue weighted by atomic mass is 9.91. The van der Waals surface area contributed by atoms with Gasteiger partial charge in [-0.1, -0.05) is 19.3 Å². The highest BCUT2D eigenvalue weighted by Crippen LogP contribution is 2.27. The summed E-state index contributed by atoms with van der Waals surface area (Å²) in [6.45, 7) is 1.83. The maximum Gasteiger partial charge on any atom is 0.0640 e. The van der Waals surface area contributed by atoms with Crippen molar-refractivity contribution in [3.8, 4) is 0 Å². The summed E-state index contributed by atoms with van der Waals surface area (Å²) in [5.74, 6) is 0.628. The summed E-state index contributed by atoms with van der Waals surface area (Å²) < 4.78 is 7.86. The molecule has 21 heavy (non-hydrogen) atoms. The summed E-state index contributed by atoms with van der Waals surface area (Å²) in [5, 5.41) is 8.33. The molecule has 2 aliphatic rings. The van der Waals surface area contributed by atoms with E-state index in [-0.39, 0.29) is 0 Å². The Morgan fingerprint density at radius 2 is 2.14 bits per heavy atom. The van der Waals surface area contributed by atoms with Crippen LogP contribution >= 0.6 is 0 Å². The van der Waals surface area contributed by atoms with E-state index in [2.05, 4.69) is 29.3 Å². The molecule has 1 aromatic rings. The van der Waals surface area contributed by atoms with Gasteiger partial charge in [0, 0.05) is 25.3 Å². The Morgan fingerprint density at radius 1 is 1.29 bits per heavy atom. The number of rotatable bonds is 5. The first-order valence-electron chi connectivity index (χ1n) is 8.66. The summed E-state index contributed by atoms with van der Waals surface area (Å²) in [5.41, 5.74) is 1.23. The monoisotopic (exact) mass is 291 g/mol. The molecule has 2 fully saturated rings. The van der Waals surface area contributed by atoms with Crippen molar-refractivity contribution in [3.63, 3.8) is 0 Å². The molecule has 1 N–H and O–H groups in total. The minimum Gasteiger partial charge on any atom is -0.381 e. The number of aromatic nitrogens is 2. The van der Waals surface area contributed by atoms with Crippen molar-refractivity contribution in [1.82, 2.24) is 15.1 Å². The Morgan fingerprint density at radius 3 is 2.86 bits per heavy atom. The Bertz CT molecular complexity index is 419. The molecule has 0 spiro atoms. The lowest BCUT2D eigenvalue weighted by Crippen LogP contribution is -2.40. The van der Waals surface area contributed by atoms with Gasteiger partial charge >= 0.3 is 0 Å². The largest absolute Gasteiger partial charge is 0.381 e. The fourth-order valence-electron chi connectivity index (χ4n) is 3.85. The second-order valence-electron chi connectivity index (χ2n) is 6.66. The highest BCUT2D eigenvalue weighted by atomic mass is 16.5. The van der Waals surface area contributed by atoms with Crippen LogP contribution in [0.5, 0.6) is 0 Å². The van der Waals surface area contributed by atoms with Gasteiger partial charge in [-0.15, -0.1) is 0 Å². The van der Waals surface area contributed by atoms with Crippen molar-refractivity contribution in [1.29, 1.82) is 0 Å². The molecule has 1 saturated heterocycles. The molecule has 2 heterocycles. The molecule has 118 valence electrons. The predicted molar refractivity (Wildman–Crippen MR) is 84.4 cm³/mol. The average Bonchev–Trinajstić information content (AvgIpc) is 3.03. The molecule has 4 heteroatoms. The highest BCUT2D eigenvalue weighted by molar-refractivity contribution is 5.03. The van der Waals surface area contributed by atoms with Crippen LogP contribution in [0.2, 0.25) is 0 Å². The summed E-state index contributed by atoms with van der Waals surface area (Å²) in [7, 11) is 2.07. The van der Waals surface area contributed by atoms with Gasteiger partial charge in [-0.3, -0.25) is 4.68 Å². The van der Waals surface area contributed by atoms with Gasteiger partial charge in [0.25, 0.3) is 0 Å². The number of hydrogen-bond acceptors (Lipinski definition) is 3. The lowest BCUT2D eigenvalue weighted by Gasteiger charge is -2.29. The highest BCUT2D eigenvalue weighted by Gasteiger charge is 2.24. The van der Waals surface area contributed by atoms with Crippen LogP contribution in [0, 0.1) is 5.92 Å². The van der Waals surface area contributed by atoms with Crippen LogP contribution < -0.4 is 5.32 Å². The number of nitrogens with zero attached hydrogens (tertiary/aromatic N) is 2. The number of likely N-dealkylation sites (N-methyl/N-ethyl adjacent to an activating group) is 1. The van der Waals surface area contributed by atoms with Crippen molar-refractivity contribution in [3.05, 3.63) is 18.0 Å². The molecular weight excluding hydrogens is 262 g/mol. The molecule has 0 radical (unpaired) electrons. The molecule has 0 aromatic carbocycles. The number of nitrogens with one attached hydrogen (secondary N) is 1. The number of ether oxygens (including phenoxy) is 1. The van der Waals surface area contributed by atoms with Crippen LogP contribution in [0.1, 0.15) is 56.7 Å². The van der Waals surface area contributed by atoms with Gasteiger partial charge in [0.15, 0.2) is 0 Å². The zero-order valence-electron chi connectivity index (χ0n) is 13.3. The third kappa shape index (κ3) is 3.86. The molecule has 0 amide bonds. The standard InChI is InChI=1S/C17H29N3O/c1-18-17(14-6-5-11-21-13-14)12-15-9-10-20(19-15)16-7-3-2-4-8-16/h9-10,14,16-18H,2-8,11-13H2,1H3. The SMILES string of the molecule is CNC(Cc1ccn(C2CCCCC2)n1)C1CCCOC1. The number of hydrogen-bond donors (Lipinski definition) is 1. The average molecular weight is 291 g/mol. The fraction of sp³-hybridized carbons (Fsp3) is 0.824. The van der Waals surface area contributed by atoms with Gasteiger partial charge in [-0.2, -0.15) is 5.10 Å². The van der Waals surface area contributed by atoms with E-state index in [1.54, 1.807) is 0 Å². The van der Waals surface area contributed by atoms with Crippen LogP contribution in [0.15, 0.2) is 12.3 Å². The van der Waals surface area contributed by atoms with Gasteiger partial charge in [0.2, 0.25) is 0 Å². The van der Waals surface area contributed by atoms with Crippen LogP contribution in [0.4, 0.5) is 0 Å². The maximum absolute atomic E-state index is 5.64. The Hall–Kier alpha value is -0.870. The van der Waals surface area contributed by atoms with E-state index in [0.717, 1.165) is 19.6 Å². The summed E-state index contributed by atoms with van der Waals surface area (Å²) >= 11 is 0. The van der Waals surface area contributed by atoms with Crippen LogP contribution in [0.3, 0.4) is 0 Å². The Labute approximate surface area is 128 Å². The van der Waals surface area contributed by atoms with E-state index in [1.165, 1.54) is 50.6 Å². The molecular formula is C17H29N3O. The zero-order valence-corrected chi connectivity index (χ0v) is 13.3. The molecule has 4 nitrogen and oxygen atoms in total. The van der Waals surface area contributed by atoms with E-state index in [4.69, 9.17) is 9.84 Å². The van der Waals surface area contributed by atoms with Gasteiger partial charge in [-0.05, 0) is 44.7 Å². The van der Waals surface area contributed by atoms with E-state index >= 15 is 0 Å². The molecule has 1 aromatic heterocycles. The van der Waals surface area contributed by atoms with Crippen LogP contribution in [-0.4, -0.2) is 36.1 Å². The van der Waals surface area contributed by atoms with Crippen molar-refractivity contribution in [2.75, 3.05) is 20.3 Å². The van der Waals surface area contributed by atoms with Crippen LogP contribution in [0.25, 0.3) is 0 Å². The molecule has 0 bridgehead atoms. The van der Waals surface area contributed by atoms with E-state index in [9.17, 15) is 0 Å². The van der Waals surface area contributed by atoms with Crippen molar-refractivity contribution in [2.45, 2.75) is 63.5 Å². The van der Waals surface area contributed by atoms with Crippen LogP contribution in [-0.2, 0) is 11.2 Å². The second-order valence-corrected chi connectivity index (χ2v) is 6.66. The molecule has 3 rings (SSSR count). The lowest BCUT2D eigenvalue weighted by molar-refractivity contribution is 0.0403. The van der Waals surface area contributed by atoms with Gasteiger partial charge in [-0.25, -0.2) is 0 Å². The fourth-order valence-corrected chi connectivity index (χ4v) is 3.85. The first-order valence-corrected chi connectivity index (χ1v) is 8.66. The van der Waals surface area contributed by atoms with E-state index in [0.29, 0.717) is 18.0 Å². The smallest absolute Gasteiger partial charge is 0.0640 e. The first-order chi connectivity index (χ1) is 10.4. The molecule has 2 unspecified atom stereocenters. The van der Waals surface area contributed by atoms with Crippen molar-refractivity contribution in [2.24, 2.45) is 5.92 Å². The van der Waals surface area contributed by atoms with E-state index < -0.39 is 0 Å². The van der Waals surface area contributed by atoms with Gasteiger partial charge in [0.1, 0.15) is 0 Å². The third-order valence-electron chi connectivity index (χ3n) is 5.18. The summed E-state index contributed by atoms with van der Waals surface area (Å²) in [6, 6.07) is 3.33.